The summed E-state index contributed by atoms with van der Waals surface area (Å²) in [6.45, 7) is 9.55. The fourth-order valence-corrected chi connectivity index (χ4v) is 2.49. The molecular weight excluding hydrogens is 316 g/mol. The van der Waals surface area contributed by atoms with Gasteiger partial charge in [-0.2, -0.15) is 0 Å². The molecule has 3 atom stereocenters. The highest BCUT2D eigenvalue weighted by molar-refractivity contribution is 5.69. The predicted octanol–water partition coefficient (Wildman–Crippen LogP) is 1.53. The first-order valence-corrected chi connectivity index (χ1v) is 8.43. The van der Waals surface area contributed by atoms with Crippen LogP contribution in [0.4, 0.5) is 9.59 Å². The van der Waals surface area contributed by atoms with Gasteiger partial charge in [0, 0.05) is 6.54 Å². The van der Waals surface area contributed by atoms with Crippen molar-refractivity contribution in [2.75, 3.05) is 32.9 Å². The first kappa shape index (κ1) is 18.8. The Labute approximate surface area is 142 Å². The Kier molecular flexibility index (Phi) is 6.28. The van der Waals surface area contributed by atoms with E-state index < -0.39 is 11.7 Å². The summed E-state index contributed by atoms with van der Waals surface area (Å²) < 4.78 is 21.4. The molecule has 2 aliphatic heterocycles. The second kappa shape index (κ2) is 8.02. The lowest BCUT2D eigenvalue weighted by atomic mass is 10.0. The molecule has 0 bridgehead atoms. The van der Waals surface area contributed by atoms with Crippen LogP contribution in [0.25, 0.3) is 0 Å². The normalized spacial score (nSPS) is 26.7. The number of carbonyl (C=O) groups excluding carboxylic acids is 2. The zero-order valence-electron chi connectivity index (χ0n) is 14.9. The summed E-state index contributed by atoms with van der Waals surface area (Å²) in [6.07, 6.45) is -0.461. The smallest absolute Gasteiger partial charge is 0.409 e. The standard InChI is InChI=1S/C16H28N2O6/c1-5-21-15(20)18-7-6-12(17-14(19)24-16(2,3)4)13(8-18)23-10-11-9-22-11/h11-13H,5-10H2,1-4H3,(H,17,19). The van der Waals surface area contributed by atoms with Crippen LogP contribution < -0.4 is 5.32 Å². The molecule has 0 aromatic heterocycles. The second-order valence-electron chi connectivity index (χ2n) is 7.01. The van der Waals surface area contributed by atoms with Crippen LogP contribution in [0.15, 0.2) is 0 Å². The van der Waals surface area contributed by atoms with Crippen molar-refractivity contribution in [1.29, 1.82) is 0 Å². The van der Waals surface area contributed by atoms with Gasteiger partial charge in [-0.05, 0) is 34.1 Å². The van der Waals surface area contributed by atoms with E-state index >= 15 is 0 Å². The van der Waals surface area contributed by atoms with E-state index in [0.29, 0.717) is 39.3 Å². The minimum absolute atomic E-state index is 0.116. The number of epoxide rings is 1. The van der Waals surface area contributed by atoms with Gasteiger partial charge in [0.1, 0.15) is 11.7 Å². The van der Waals surface area contributed by atoms with Crippen molar-refractivity contribution in [3.8, 4) is 0 Å². The Morgan fingerprint density at radius 1 is 1.33 bits per heavy atom. The first-order chi connectivity index (χ1) is 11.3. The van der Waals surface area contributed by atoms with Crippen LogP contribution in [0, 0.1) is 0 Å². The predicted molar refractivity (Wildman–Crippen MR) is 85.8 cm³/mol. The highest BCUT2D eigenvalue weighted by Gasteiger charge is 2.36. The number of nitrogens with zero attached hydrogens (tertiary/aromatic N) is 1. The van der Waals surface area contributed by atoms with E-state index in [2.05, 4.69) is 5.32 Å². The molecule has 24 heavy (non-hydrogen) atoms. The van der Waals surface area contributed by atoms with Gasteiger partial charge in [-0.3, -0.25) is 0 Å². The maximum absolute atomic E-state index is 12.0. The summed E-state index contributed by atoms with van der Waals surface area (Å²) in [5.41, 5.74) is -0.562. The summed E-state index contributed by atoms with van der Waals surface area (Å²) in [6, 6.07) is -0.218. The molecule has 2 fully saturated rings. The second-order valence-corrected chi connectivity index (χ2v) is 7.01. The van der Waals surface area contributed by atoms with Crippen LogP contribution in [0.5, 0.6) is 0 Å². The van der Waals surface area contributed by atoms with Gasteiger partial charge >= 0.3 is 12.2 Å². The largest absolute Gasteiger partial charge is 0.450 e. The van der Waals surface area contributed by atoms with Crippen molar-refractivity contribution in [2.24, 2.45) is 0 Å². The summed E-state index contributed by atoms with van der Waals surface area (Å²) in [4.78, 5) is 25.6. The SMILES string of the molecule is CCOC(=O)N1CCC(NC(=O)OC(C)(C)C)C(OCC2CO2)C1. The minimum Gasteiger partial charge on any atom is -0.450 e. The number of ether oxygens (including phenoxy) is 4. The number of nitrogens with one attached hydrogen (secondary N) is 1. The van der Waals surface area contributed by atoms with Crippen molar-refractivity contribution in [3.63, 3.8) is 0 Å². The number of piperidine rings is 1. The number of rotatable bonds is 5. The van der Waals surface area contributed by atoms with E-state index in [1.165, 1.54) is 0 Å². The van der Waals surface area contributed by atoms with E-state index in [4.69, 9.17) is 18.9 Å². The molecule has 1 N–H and O–H groups in total. The Balaban J connectivity index is 1.91. The third-order valence-electron chi connectivity index (χ3n) is 3.69. The van der Waals surface area contributed by atoms with Gasteiger partial charge in [0.2, 0.25) is 0 Å². The minimum atomic E-state index is -0.562. The third kappa shape index (κ3) is 6.16. The topological polar surface area (TPSA) is 89.6 Å². The Morgan fingerprint density at radius 2 is 2.04 bits per heavy atom. The number of amides is 2. The third-order valence-corrected chi connectivity index (χ3v) is 3.69. The molecule has 138 valence electrons. The average molecular weight is 344 g/mol. The van der Waals surface area contributed by atoms with Gasteiger partial charge < -0.3 is 29.2 Å². The molecule has 2 saturated heterocycles. The van der Waals surface area contributed by atoms with Crippen molar-refractivity contribution in [3.05, 3.63) is 0 Å². The number of carbonyl (C=O) groups is 2. The molecule has 0 aliphatic carbocycles. The van der Waals surface area contributed by atoms with Crippen molar-refractivity contribution in [1.82, 2.24) is 10.2 Å². The summed E-state index contributed by atoms with van der Waals surface area (Å²) in [5.74, 6) is 0. The molecule has 2 aliphatic rings. The fourth-order valence-electron chi connectivity index (χ4n) is 2.49. The number of hydrogen-bond acceptors (Lipinski definition) is 6. The van der Waals surface area contributed by atoms with Crippen LogP contribution in [-0.2, 0) is 18.9 Å². The zero-order valence-corrected chi connectivity index (χ0v) is 14.9. The Bertz CT molecular complexity index is 446. The highest BCUT2D eigenvalue weighted by Crippen LogP contribution is 2.19. The van der Waals surface area contributed by atoms with Crippen LogP contribution in [-0.4, -0.2) is 73.8 Å². The van der Waals surface area contributed by atoms with E-state index in [9.17, 15) is 9.59 Å². The van der Waals surface area contributed by atoms with Crippen LogP contribution in [0.3, 0.4) is 0 Å². The fraction of sp³-hybridized carbons (Fsp3) is 0.875. The summed E-state index contributed by atoms with van der Waals surface area (Å²) in [5, 5.41) is 2.86. The lowest BCUT2D eigenvalue weighted by Gasteiger charge is -2.38. The van der Waals surface area contributed by atoms with Gasteiger partial charge in [0.25, 0.3) is 0 Å². The molecule has 8 nitrogen and oxygen atoms in total. The van der Waals surface area contributed by atoms with Gasteiger partial charge in [0.15, 0.2) is 0 Å². The van der Waals surface area contributed by atoms with E-state index in [1.807, 2.05) is 20.8 Å². The van der Waals surface area contributed by atoms with Gasteiger partial charge in [-0.25, -0.2) is 9.59 Å². The van der Waals surface area contributed by atoms with E-state index in [0.717, 1.165) is 0 Å². The molecule has 0 spiro atoms. The zero-order chi connectivity index (χ0) is 17.7. The van der Waals surface area contributed by atoms with E-state index in [1.54, 1.807) is 11.8 Å². The van der Waals surface area contributed by atoms with Crippen LogP contribution >= 0.6 is 0 Å². The van der Waals surface area contributed by atoms with E-state index in [-0.39, 0.29) is 24.3 Å². The molecule has 0 aromatic carbocycles. The molecule has 0 radical (unpaired) electrons. The molecule has 8 heteroatoms. The number of hydrogen-bond donors (Lipinski definition) is 1. The summed E-state index contributed by atoms with van der Waals surface area (Å²) >= 11 is 0. The van der Waals surface area contributed by atoms with Crippen molar-refractivity contribution >= 4 is 12.2 Å². The molecule has 2 rings (SSSR count). The van der Waals surface area contributed by atoms with Gasteiger partial charge in [-0.15, -0.1) is 0 Å². The van der Waals surface area contributed by atoms with Gasteiger partial charge in [-0.1, -0.05) is 0 Å². The van der Waals surface area contributed by atoms with Crippen molar-refractivity contribution < 1.29 is 28.5 Å². The molecule has 3 unspecified atom stereocenters. The van der Waals surface area contributed by atoms with Crippen LogP contribution in [0.2, 0.25) is 0 Å². The number of likely N-dealkylation sites (tertiary alicyclic amines) is 1. The lowest BCUT2D eigenvalue weighted by molar-refractivity contribution is -0.0289. The maximum Gasteiger partial charge on any atom is 0.409 e. The lowest BCUT2D eigenvalue weighted by Crippen LogP contribution is -2.57. The maximum atomic E-state index is 12.0. The Hall–Kier alpha value is -1.54. The summed E-state index contributed by atoms with van der Waals surface area (Å²) in [7, 11) is 0. The molecule has 2 amide bonds. The molecule has 0 aromatic rings. The average Bonchev–Trinajstić information content (AvgIpc) is 3.28. The quantitative estimate of drug-likeness (QED) is 0.761. The molecular formula is C16H28N2O6. The van der Waals surface area contributed by atoms with Crippen LogP contribution in [0.1, 0.15) is 34.1 Å². The monoisotopic (exact) mass is 344 g/mol. The molecule has 2 heterocycles. The van der Waals surface area contributed by atoms with Gasteiger partial charge in [0.05, 0.1) is 38.5 Å². The number of alkyl carbamates (subject to hydrolysis) is 1. The molecule has 0 saturated carbocycles. The Morgan fingerprint density at radius 3 is 2.62 bits per heavy atom. The van der Waals surface area contributed by atoms with Crippen molar-refractivity contribution in [2.45, 2.75) is 58.0 Å². The highest BCUT2D eigenvalue weighted by atomic mass is 16.6. The first-order valence-electron chi connectivity index (χ1n) is 8.43.